The fraction of sp³-hybridized carbons (Fsp3) is 0.455. The van der Waals surface area contributed by atoms with Crippen molar-refractivity contribution in [1.82, 2.24) is 14.8 Å². The Morgan fingerprint density at radius 1 is 1.33 bits per heavy atom. The van der Waals surface area contributed by atoms with Gasteiger partial charge in [0.25, 0.3) is 0 Å². The van der Waals surface area contributed by atoms with Gasteiger partial charge in [0, 0.05) is 37.1 Å². The molecule has 2 aliphatic rings. The molecule has 2 aromatic rings. The molecule has 1 aliphatic carbocycles. The minimum Gasteiger partial charge on any atom is -0.353 e. The van der Waals surface area contributed by atoms with Crippen molar-refractivity contribution in [2.75, 3.05) is 13.6 Å². The van der Waals surface area contributed by atoms with E-state index in [0.717, 1.165) is 35.9 Å². The number of nitrogens with zero attached hydrogens (tertiary/aromatic N) is 2. The highest BCUT2D eigenvalue weighted by molar-refractivity contribution is 6.03. The molecule has 1 N–H and O–H groups in total. The Morgan fingerprint density at radius 2 is 2.11 bits per heavy atom. The van der Waals surface area contributed by atoms with E-state index in [4.69, 9.17) is 0 Å². The molecule has 1 unspecified atom stereocenters. The summed E-state index contributed by atoms with van der Waals surface area (Å²) in [5.41, 5.74) is 4.55. The summed E-state index contributed by atoms with van der Waals surface area (Å²) >= 11 is 0. The molecular formula is C22H27N3O2. The van der Waals surface area contributed by atoms with Gasteiger partial charge in [-0.05, 0) is 49.6 Å². The molecule has 5 nitrogen and oxygen atoms in total. The summed E-state index contributed by atoms with van der Waals surface area (Å²) in [6.45, 7) is 6.44. The van der Waals surface area contributed by atoms with E-state index in [0.29, 0.717) is 0 Å². The first-order valence-corrected chi connectivity index (χ1v) is 9.77. The molecule has 1 aliphatic heterocycles. The largest absolute Gasteiger partial charge is 0.353 e. The summed E-state index contributed by atoms with van der Waals surface area (Å²) in [5.74, 6) is -0.0233. The van der Waals surface area contributed by atoms with Crippen LogP contribution >= 0.6 is 0 Å². The number of hydrogen-bond acceptors (Lipinski definition) is 3. The predicted molar refractivity (Wildman–Crippen MR) is 108 cm³/mol. The van der Waals surface area contributed by atoms with Gasteiger partial charge in [-0.15, -0.1) is 0 Å². The van der Waals surface area contributed by atoms with Crippen molar-refractivity contribution in [2.45, 2.75) is 45.7 Å². The van der Waals surface area contributed by atoms with Crippen LogP contribution in [-0.4, -0.2) is 47.0 Å². The van der Waals surface area contributed by atoms with Crippen LogP contribution in [0.2, 0.25) is 0 Å². The van der Waals surface area contributed by atoms with E-state index in [2.05, 4.69) is 36.3 Å². The Labute approximate surface area is 160 Å². The van der Waals surface area contributed by atoms with Crippen molar-refractivity contribution in [3.8, 4) is 0 Å². The minimum atomic E-state index is -0.151. The third kappa shape index (κ3) is 2.90. The quantitative estimate of drug-likeness (QED) is 0.909. The van der Waals surface area contributed by atoms with Gasteiger partial charge in [0.2, 0.25) is 11.8 Å². The van der Waals surface area contributed by atoms with Gasteiger partial charge in [-0.1, -0.05) is 25.1 Å². The first kappa shape index (κ1) is 18.0. The smallest absolute Gasteiger partial charge is 0.228 e. The zero-order chi connectivity index (χ0) is 19.3. The van der Waals surface area contributed by atoms with Crippen LogP contribution < -0.4 is 5.32 Å². The van der Waals surface area contributed by atoms with Crippen LogP contribution in [0.3, 0.4) is 0 Å². The summed E-state index contributed by atoms with van der Waals surface area (Å²) in [6.07, 6.45) is 5.94. The first-order valence-electron chi connectivity index (χ1n) is 9.77. The third-order valence-corrected chi connectivity index (χ3v) is 6.07. The van der Waals surface area contributed by atoms with Crippen LogP contribution in [0.15, 0.2) is 30.5 Å². The van der Waals surface area contributed by atoms with E-state index < -0.39 is 0 Å². The second kappa shape index (κ2) is 6.64. The lowest BCUT2D eigenvalue weighted by atomic mass is 9.80. The van der Waals surface area contributed by atoms with Gasteiger partial charge in [-0.2, -0.15) is 0 Å². The lowest BCUT2D eigenvalue weighted by molar-refractivity contribution is -0.124. The number of fused-ring (bicyclic) bond motifs is 2. The van der Waals surface area contributed by atoms with Crippen LogP contribution in [0.25, 0.3) is 16.5 Å². The molecule has 1 amide bonds. The number of carbonyl (C=O) groups excluding carboxylic acids is 2. The minimum absolute atomic E-state index is 0.0291. The van der Waals surface area contributed by atoms with E-state index in [1.807, 2.05) is 25.3 Å². The third-order valence-electron chi connectivity index (χ3n) is 6.07. The highest BCUT2D eigenvalue weighted by Gasteiger charge is 2.36. The summed E-state index contributed by atoms with van der Waals surface area (Å²) in [7, 11) is 2.09. The standard InChI is InChI=1S/C22H27N3O2/c1-5-13(2)23-22(27)16-9-18-17-7-6-8-19-21(17)15(12-25(19)14(3)26)10-20(18)24(4)11-16/h6-9,12-13,16,20H,5,10-11H2,1-4H3,(H,23,27)/t13?,16-,20-/m1/s1. The maximum Gasteiger partial charge on any atom is 0.228 e. The molecule has 0 spiro atoms. The van der Waals surface area contributed by atoms with Gasteiger partial charge in [0.15, 0.2) is 0 Å². The average Bonchev–Trinajstić information content (AvgIpc) is 3.02. The number of rotatable bonds is 3. The van der Waals surface area contributed by atoms with Crippen LogP contribution in [0.4, 0.5) is 0 Å². The topological polar surface area (TPSA) is 54.3 Å². The van der Waals surface area contributed by atoms with E-state index >= 15 is 0 Å². The van der Waals surface area contributed by atoms with Crippen LogP contribution in [0.1, 0.15) is 43.1 Å². The number of benzene rings is 1. The van der Waals surface area contributed by atoms with Crippen LogP contribution in [-0.2, 0) is 11.2 Å². The van der Waals surface area contributed by atoms with Crippen molar-refractivity contribution in [1.29, 1.82) is 0 Å². The highest BCUT2D eigenvalue weighted by Crippen LogP contribution is 2.41. The molecule has 0 radical (unpaired) electrons. The zero-order valence-electron chi connectivity index (χ0n) is 16.5. The van der Waals surface area contributed by atoms with Crippen LogP contribution in [0.5, 0.6) is 0 Å². The molecule has 0 saturated carbocycles. The molecule has 0 saturated heterocycles. The number of carbonyl (C=O) groups is 2. The summed E-state index contributed by atoms with van der Waals surface area (Å²) in [6, 6.07) is 6.57. The monoisotopic (exact) mass is 365 g/mol. The van der Waals surface area contributed by atoms with Gasteiger partial charge >= 0.3 is 0 Å². The molecule has 5 heteroatoms. The molecular weight excluding hydrogens is 338 g/mol. The number of hydrogen-bond donors (Lipinski definition) is 1. The molecule has 1 aromatic heterocycles. The Hall–Kier alpha value is -2.40. The second-order valence-corrected chi connectivity index (χ2v) is 7.95. The van der Waals surface area contributed by atoms with Crippen molar-refractivity contribution < 1.29 is 9.59 Å². The lowest BCUT2D eigenvalue weighted by Gasteiger charge is -2.39. The fourth-order valence-corrected chi connectivity index (χ4v) is 4.43. The molecule has 2 heterocycles. The molecule has 1 aromatic carbocycles. The molecule has 27 heavy (non-hydrogen) atoms. The van der Waals surface area contributed by atoms with E-state index in [-0.39, 0.29) is 29.8 Å². The van der Waals surface area contributed by atoms with Gasteiger partial charge in [0.05, 0.1) is 11.4 Å². The average molecular weight is 365 g/mol. The maximum absolute atomic E-state index is 12.7. The number of nitrogens with one attached hydrogen (secondary N) is 1. The summed E-state index contributed by atoms with van der Waals surface area (Å²) in [5, 5.41) is 4.28. The normalized spacial score (nSPS) is 22.9. The molecule has 142 valence electrons. The Bertz CT molecular complexity index is 956. The van der Waals surface area contributed by atoms with E-state index in [1.54, 1.807) is 11.5 Å². The Kier molecular flexibility index (Phi) is 4.42. The Morgan fingerprint density at radius 3 is 2.81 bits per heavy atom. The van der Waals surface area contributed by atoms with Crippen molar-refractivity contribution in [3.05, 3.63) is 41.6 Å². The van der Waals surface area contributed by atoms with Crippen molar-refractivity contribution in [3.63, 3.8) is 0 Å². The lowest BCUT2D eigenvalue weighted by Crippen LogP contribution is -2.47. The molecule has 3 atom stereocenters. The van der Waals surface area contributed by atoms with Crippen molar-refractivity contribution in [2.24, 2.45) is 5.92 Å². The maximum atomic E-state index is 12.7. The van der Waals surface area contributed by atoms with Gasteiger partial charge in [0.1, 0.15) is 0 Å². The summed E-state index contributed by atoms with van der Waals surface area (Å²) < 4.78 is 1.75. The molecule has 0 bridgehead atoms. The second-order valence-electron chi connectivity index (χ2n) is 7.95. The molecule has 0 fully saturated rings. The molecule has 4 rings (SSSR count). The number of likely N-dealkylation sites (N-methyl/N-ethyl adjacent to an activating group) is 1. The number of amides is 1. The SMILES string of the molecule is CCC(C)NC(=O)[C@@H]1C=C2c3cccc4c3c(cn4C(C)=O)C[C@H]2N(C)C1. The first-order chi connectivity index (χ1) is 12.9. The predicted octanol–water partition coefficient (Wildman–Crippen LogP) is 3.09. The summed E-state index contributed by atoms with van der Waals surface area (Å²) in [4.78, 5) is 27.1. The van der Waals surface area contributed by atoms with Gasteiger partial charge in [-0.3, -0.25) is 19.1 Å². The number of aromatic nitrogens is 1. The Balaban J connectivity index is 1.80. The fourth-order valence-electron chi connectivity index (χ4n) is 4.43. The van der Waals surface area contributed by atoms with E-state index in [1.165, 1.54) is 11.1 Å². The van der Waals surface area contributed by atoms with Gasteiger partial charge in [-0.25, -0.2) is 0 Å². The zero-order valence-corrected chi connectivity index (χ0v) is 16.5. The van der Waals surface area contributed by atoms with Crippen molar-refractivity contribution >= 4 is 28.3 Å². The van der Waals surface area contributed by atoms with Crippen LogP contribution in [0, 0.1) is 5.92 Å². The van der Waals surface area contributed by atoms with E-state index in [9.17, 15) is 9.59 Å². The van der Waals surface area contributed by atoms with Gasteiger partial charge < -0.3 is 5.32 Å². The highest BCUT2D eigenvalue weighted by atomic mass is 16.2.